The highest BCUT2D eigenvalue weighted by molar-refractivity contribution is 5.83. The molecule has 0 bridgehead atoms. The summed E-state index contributed by atoms with van der Waals surface area (Å²) in [7, 11) is 1.48. The van der Waals surface area contributed by atoms with Gasteiger partial charge in [0, 0.05) is 17.2 Å². The molecule has 0 spiro atoms. The van der Waals surface area contributed by atoms with E-state index in [2.05, 4.69) is 10.6 Å². The van der Waals surface area contributed by atoms with E-state index in [-0.39, 0.29) is 17.2 Å². The first-order chi connectivity index (χ1) is 12.2. The first-order valence-corrected chi connectivity index (χ1v) is 8.74. The minimum atomic E-state index is -0.214. The molecule has 1 aliphatic carbocycles. The molecule has 0 aliphatic heterocycles. The van der Waals surface area contributed by atoms with Gasteiger partial charge in [0.05, 0.1) is 18.1 Å². The summed E-state index contributed by atoms with van der Waals surface area (Å²) in [6, 6.07) is 10.3. The second-order valence-electron chi connectivity index (χ2n) is 6.53. The van der Waals surface area contributed by atoms with Gasteiger partial charge in [-0.15, -0.1) is 0 Å². The number of nitrogens with zero attached hydrogens (tertiary/aromatic N) is 2. The zero-order valence-corrected chi connectivity index (χ0v) is 14.5. The van der Waals surface area contributed by atoms with Gasteiger partial charge in [0.2, 0.25) is 5.75 Å². The second-order valence-corrected chi connectivity index (χ2v) is 6.53. The lowest BCUT2D eigenvalue weighted by Crippen LogP contribution is -2.18. The Morgan fingerprint density at radius 1 is 1.20 bits per heavy atom. The Labute approximate surface area is 146 Å². The molecular weight excluding hydrogens is 316 g/mol. The predicted octanol–water partition coefficient (Wildman–Crippen LogP) is 4.41. The zero-order valence-electron chi connectivity index (χ0n) is 14.5. The van der Waals surface area contributed by atoms with Crippen molar-refractivity contribution in [3.8, 4) is 28.6 Å². The fourth-order valence-electron chi connectivity index (χ4n) is 3.64. The van der Waals surface area contributed by atoms with Gasteiger partial charge in [0.25, 0.3) is 0 Å². The number of phenolic OH excluding ortho intramolecular Hbond substituents is 2. The summed E-state index contributed by atoms with van der Waals surface area (Å²) in [5.74, 6) is 0.756. The van der Waals surface area contributed by atoms with Crippen molar-refractivity contribution in [2.75, 3.05) is 7.11 Å². The van der Waals surface area contributed by atoms with Crippen LogP contribution in [0.1, 0.15) is 37.8 Å². The maximum absolute atomic E-state index is 10.5. The van der Waals surface area contributed by atoms with Gasteiger partial charge in [0.1, 0.15) is 5.82 Å². The molecule has 1 heterocycles. The van der Waals surface area contributed by atoms with Crippen molar-refractivity contribution in [2.24, 2.45) is 0 Å². The van der Waals surface area contributed by atoms with Crippen LogP contribution in [-0.2, 0) is 6.42 Å². The molecule has 0 radical (unpaired) electrons. The third kappa shape index (κ3) is 2.34. The lowest BCUT2D eigenvalue weighted by Gasteiger charge is -2.29. The van der Waals surface area contributed by atoms with E-state index in [1.54, 1.807) is 6.07 Å². The molecule has 3 aromatic rings. The average Bonchev–Trinajstić information content (AvgIpc) is 2.95. The maximum atomic E-state index is 10.5. The highest BCUT2D eigenvalue weighted by Crippen LogP contribution is 2.46. The normalized spacial score (nSPS) is 14.6. The Kier molecular flexibility index (Phi) is 3.79. The summed E-state index contributed by atoms with van der Waals surface area (Å²) in [5.41, 5.74) is 3.56. The van der Waals surface area contributed by atoms with Crippen molar-refractivity contribution in [1.29, 1.82) is 0 Å². The molecule has 0 unspecified atom stereocenters. The van der Waals surface area contributed by atoms with E-state index in [1.165, 1.54) is 13.5 Å². The SMILES string of the molecule is CCc1c(-c2nc3ccccc3n2C2CCC2)cc(OC)c(O)c1O. The first kappa shape index (κ1) is 15.8. The molecule has 4 rings (SSSR count). The summed E-state index contributed by atoms with van der Waals surface area (Å²) >= 11 is 0. The number of benzene rings is 2. The lowest BCUT2D eigenvalue weighted by atomic mass is 9.92. The third-order valence-corrected chi connectivity index (χ3v) is 5.19. The van der Waals surface area contributed by atoms with Gasteiger partial charge < -0.3 is 19.5 Å². The molecule has 0 amide bonds. The molecule has 1 fully saturated rings. The molecule has 2 aromatic carbocycles. The van der Waals surface area contributed by atoms with Crippen LogP contribution in [0.15, 0.2) is 30.3 Å². The number of rotatable bonds is 4. The Morgan fingerprint density at radius 2 is 1.96 bits per heavy atom. The van der Waals surface area contributed by atoms with Gasteiger partial charge in [-0.3, -0.25) is 0 Å². The van der Waals surface area contributed by atoms with Crippen LogP contribution in [0.3, 0.4) is 0 Å². The van der Waals surface area contributed by atoms with E-state index in [0.717, 1.165) is 35.3 Å². The van der Waals surface area contributed by atoms with E-state index in [9.17, 15) is 10.2 Å². The minimum absolute atomic E-state index is 0.121. The molecular formula is C20H22N2O3. The van der Waals surface area contributed by atoms with E-state index >= 15 is 0 Å². The Hall–Kier alpha value is -2.69. The fraction of sp³-hybridized carbons (Fsp3) is 0.350. The highest BCUT2D eigenvalue weighted by Gasteiger charge is 2.28. The number of phenols is 2. The Bertz CT molecular complexity index is 942. The van der Waals surface area contributed by atoms with Crippen molar-refractivity contribution in [3.63, 3.8) is 0 Å². The summed E-state index contributed by atoms with van der Waals surface area (Å²) in [6.07, 6.45) is 4.08. The summed E-state index contributed by atoms with van der Waals surface area (Å²) < 4.78 is 7.54. The standard InChI is InChI=1S/C20H22N2O3/c1-3-13-14(11-17(25-2)19(24)18(13)23)20-21-15-9-4-5-10-16(15)22(20)12-7-6-8-12/h4-5,9-12,23-24H,3,6-8H2,1-2H3. The number of ether oxygens (including phenoxy) is 1. The van der Waals surface area contributed by atoms with Crippen LogP contribution in [0.5, 0.6) is 17.2 Å². The Balaban J connectivity index is 2.03. The molecule has 1 aromatic heterocycles. The van der Waals surface area contributed by atoms with Gasteiger partial charge in [-0.2, -0.15) is 0 Å². The van der Waals surface area contributed by atoms with Crippen LogP contribution in [0, 0.1) is 0 Å². The number of aromatic hydroxyl groups is 2. The number of aromatic nitrogens is 2. The van der Waals surface area contributed by atoms with E-state index in [0.29, 0.717) is 18.0 Å². The fourth-order valence-corrected chi connectivity index (χ4v) is 3.64. The lowest BCUT2D eigenvalue weighted by molar-refractivity contribution is 0.322. The van der Waals surface area contributed by atoms with Gasteiger partial charge >= 0.3 is 0 Å². The molecule has 5 nitrogen and oxygen atoms in total. The monoisotopic (exact) mass is 338 g/mol. The average molecular weight is 338 g/mol. The van der Waals surface area contributed by atoms with Gasteiger partial charge in [-0.1, -0.05) is 19.1 Å². The van der Waals surface area contributed by atoms with Gasteiger partial charge in [-0.05, 0) is 43.9 Å². The van der Waals surface area contributed by atoms with Crippen molar-refractivity contribution in [2.45, 2.75) is 38.6 Å². The van der Waals surface area contributed by atoms with Gasteiger partial charge in [-0.25, -0.2) is 4.98 Å². The highest BCUT2D eigenvalue weighted by atomic mass is 16.5. The van der Waals surface area contributed by atoms with Crippen LogP contribution < -0.4 is 4.74 Å². The van der Waals surface area contributed by atoms with Crippen molar-refractivity contribution < 1.29 is 14.9 Å². The summed E-state index contributed by atoms with van der Waals surface area (Å²) in [6.45, 7) is 1.96. The van der Waals surface area contributed by atoms with Crippen LogP contribution in [0.4, 0.5) is 0 Å². The summed E-state index contributed by atoms with van der Waals surface area (Å²) in [5, 5.41) is 20.6. The number of methoxy groups -OCH3 is 1. The molecule has 5 heteroatoms. The molecule has 1 saturated carbocycles. The van der Waals surface area contributed by atoms with Gasteiger partial charge in [0.15, 0.2) is 11.5 Å². The van der Waals surface area contributed by atoms with E-state index in [4.69, 9.17) is 9.72 Å². The molecule has 2 N–H and O–H groups in total. The topological polar surface area (TPSA) is 67.5 Å². The van der Waals surface area contributed by atoms with Crippen molar-refractivity contribution in [1.82, 2.24) is 9.55 Å². The van der Waals surface area contributed by atoms with E-state index < -0.39 is 0 Å². The number of imidazole rings is 1. The minimum Gasteiger partial charge on any atom is -0.504 e. The van der Waals surface area contributed by atoms with Crippen LogP contribution in [-0.4, -0.2) is 26.9 Å². The summed E-state index contributed by atoms with van der Waals surface area (Å²) in [4.78, 5) is 4.86. The van der Waals surface area contributed by atoms with Crippen molar-refractivity contribution >= 4 is 11.0 Å². The van der Waals surface area contributed by atoms with Crippen molar-refractivity contribution in [3.05, 3.63) is 35.9 Å². The molecule has 0 saturated heterocycles. The largest absolute Gasteiger partial charge is 0.504 e. The quantitative estimate of drug-likeness (QED) is 0.692. The predicted molar refractivity (Wildman–Crippen MR) is 97.3 cm³/mol. The number of fused-ring (bicyclic) bond motifs is 1. The Morgan fingerprint density at radius 3 is 2.60 bits per heavy atom. The smallest absolute Gasteiger partial charge is 0.200 e. The van der Waals surface area contributed by atoms with Crippen LogP contribution in [0.25, 0.3) is 22.4 Å². The molecule has 1 aliphatic rings. The van der Waals surface area contributed by atoms with E-state index in [1.807, 2.05) is 25.1 Å². The first-order valence-electron chi connectivity index (χ1n) is 8.74. The van der Waals surface area contributed by atoms with Crippen LogP contribution >= 0.6 is 0 Å². The number of hydrogen-bond donors (Lipinski definition) is 2. The molecule has 130 valence electrons. The zero-order chi connectivity index (χ0) is 17.6. The van der Waals surface area contributed by atoms with Crippen LogP contribution in [0.2, 0.25) is 0 Å². The molecule has 25 heavy (non-hydrogen) atoms. The maximum Gasteiger partial charge on any atom is 0.200 e. The second kappa shape index (κ2) is 5.99. The number of para-hydroxylation sites is 2. The third-order valence-electron chi connectivity index (χ3n) is 5.19. The molecule has 0 atom stereocenters. The number of hydrogen-bond acceptors (Lipinski definition) is 4.